The van der Waals surface area contributed by atoms with Gasteiger partial charge in [0.2, 0.25) is 0 Å². The zero-order valence-corrected chi connectivity index (χ0v) is 20.8. The number of ether oxygens (including phenoxy) is 2. The van der Waals surface area contributed by atoms with Crippen molar-refractivity contribution < 1.29 is 14.3 Å². The molecule has 1 amide bonds. The molecule has 0 aliphatic carbocycles. The van der Waals surface area contributed by atoms with Crippen LogP contribution in [0.5, 0.6) is 11.5 Å². The van der Waals surface area contributed by atoms with Gasteiger partial charge in [0.05, 0.1) is 6.61 Å². The minimum absolute atomic E-state index is 0.0635. The van der Waals surface area contributed by atoms with E-state index in [1.54, 1.807) is 0 Å². The van der Waals surface area contributed by atoms with Crippen LogP contribution in [0.25, 0.3) is 10.9 Å². The molecular weight excluding hydrogens is 470 g/mol. The van der Waals surface area contributed by atoms with Gasteiger partial charge < -0.3 is 25.1 Å². The van der Waals surface area contributed by atoms with Gasteiger partial charge in [-0.1, -0.05) is 34.1 Å². The summed E-state index contributed by atoms with van der Waals surface area (Å²) < 4.78 is 12.4. The Bertz CT molecular complexity index is 1060. The van der Waals surface area contributed by atoms with Crippen molar-refractivity contribution in [3.8, 4) is 11.5 Å². The van der Waals surface area contributed by atoms with Crippen molar-refractivity contribution in [2.75, 3.05) is 19.8 Å². The first-order valence-corrected chi connectivity index (χ1v) is 11.7. The first-order valence-electron chi connectivity index (χ1n) is 10.9. The van der Waals surface area contributed by atoms with Crippen molar-refractivity contribution in [2.24, 2.45) is 0 Å². The topological polar surface area (TPSA) is 75.4 Å². The van der Waals surface area contributed by atoms with Crippen LogP contribution in [0, 0.1) is 0 Å². The molecule has 0 saturated carbocycles. The lowest BCUT2D eigenvalue weighted by molar-refractivity contribution is -0.124. The third kappa shape index (κ3) is 6.74. The predicted octanol–water partition coefficient (Wildman–Crippen LogP) is 4.95. The highest BCUT2D eigenvalue weighted by molar-refractivity contribution is 9.10. The zero-order valence-electron chi connectivity index (χ0n) is 19.2. The number of carbonyl (C=O) groups excluding carboxylic acids is 1. The van der Waals surface area contributed by atoms with Crippen LogP contribution in [0.3, 0.4) is 0 Å². The van der Waals surface area contributed by atoms with Crippen molar-refractivity contribution in [1.29, 1.82) is 0 Å². The van der Waals surface area contributed by atoms with Crippen LogP contribution in [0.2, 0.25) is 0 Å². The van der Waals surface area contributed by atoms with Gasteiger partial charge in [0.15, 0.2) is 18.1 Å². The van der Waals surface area contributed by atoms with E-state index in [-0.39, 0.29) is 18.1 Å². The average Bonchev–Trinajstić information content (AvgIpc) is 3.14. The molecule has 0 atom stereocenters. The highest BCUT2D eigenvalue weighted by Crippen LogP contribution is 2.34. The highest BCUT2D eigenvalue weighted by atomic mass is 79.9. The fourth-order valence-corrected chi connectivity index (χ4v) is 3.94. The fourth-order valence-electron chi connectivity index (χ4n) is 3.48. The predicted molar refractivity (Wildman–Crippen MR) is 132 cm³/mol. The number of rotatable bonds is 10. The van der Waals surface area contributed by atoms with Gasteiger partial charge >= 0.3 is 0 Å². The van der Waals surface area contributed by atoms with E-state index in [4.69, 9.17) is 9.47 Å². The second-order valence-corrected chi connectivity index (χ2v) is 9.55. The largest absolute Gasteiger partial charge is 0.490 e. The first-order chi connectivity index (χ1) is 15.3. The van der Waals surface area contributed by atoms with Gasteiger partial charge in [0.1, 0.15) is 0 Å². The molecule has 0 fully saturated rings. The van der Waals surface area contributed by atoms with Gasteiger partial charge in [-0.25, -0.2) is 0 Å². The number of aromatic nitrogens is 1. The van der Waals surface area contributed by atoms with E-state index in [2.05, 4.69) is 55.9 Å². The lowest BCUT2D eigenvalue weighted by Crippen LogP contribution is -2.43. The Labute approximate surface area is 198 Å². The van der Waals surface area contributed by atoms with Crippen LogP contribution in [0.4, 0.5) is 0 Å². The summed E-state index contributed by atoms with van der Waals surface area (Å²) in [5.74, 6) is 1.01. The fraction of sp³-hybridized carbons (Fsp3) is 0.400. The van der Waals surface area contributed by atoms with Crippen molar-refractivity contribution in [3.63, 3.8) is 0 Å². The van der Waals surface area contributed by atoms with Crippen LogP contribution in [-0.4, -0.2) is 36.2 Å². The highest BCUT2D eigenvalue weighted by Gasteiger charge is 2.16. The molecule has 3 N–H and O–H groups in total. The number of para-hydroxylation sites is 1. The maximum Gasteiger partial charge on any atom is 0.258 e. The molecule has 6 nitrogen and oxygen atoms in total. The van der Waals surface area contributed by atoms with Gasteiger partial charge in [-0.2, -0.15) is 0 Å². The molecule has 32 heavy (non-hydrogen) atoms. The van der Waals surface area contributed by atoms with E-state index in [1.807, 2.05) is 45.9 Å². The molecule has 0 radical (unpaired) electrons. The lowest BCUT2D eigenvalue weighted by Gasteiger charge is -2.21. The van der Waals surface area contributed by atoms with Crippen LogP contribution >= 0.6 is 15.9 Å². The maximum absolute atomic E-state index is 12.1. The molecule has 3 rings (SSSR count). The number of nitrogens with one attached hydrogen (secondary N) is 3. The van der Waals surface area contributed by atoms with Crippen molar-refractivity contribution in [2.45, 2.75) is 46.2 Å². The number of halogens is 1. The Balaban J connectivity index is 1.59. The Kier molecular flexibility index (Phi) is 8.21. The Morgan fingerprint density at radius 2 is 1.84 bits per heavy atom. The standard InChI is InChI=1S/C25H32BrN3O3/c1-5-31-22-12-18(20(26)13-23(22)32-16-24(30)29-25(2,3)4)14-27-11-10-17-15-28-21-9-7-6-8-19(17)21/h6-9,12-13,15,27-28H,5,10-11,14,16H2,1-4H3,(H,29,30). The first kappa shape index (κ1) is 24.1. The van der Waals surface area contributed by atoms with Gasteiger partial charge in [-0.05, 0) is 70.0 Å². The molecule has 7 heteroatoms. The molecule has 0 unspecified atom stereocenters. The minimum Gasteiger partial charge on any atom is -0.490 e. The number of benzene rings is 2. The smallest absolute Gasteiger partial charge is 0.258 e. The summed E-state index contributed by atoms with van der Waals surface area (Å²) in [4.78, 5) is 15.4. The summed E-state index contributed by atoms with van der Waals surface area (Å²) in [5.41, 5.74) is 3.24. The van der Waals surface area contributed by atoms with Gasteiger partial charge in [0.25, 0.3) is 5.91 Å². The molecule has 0 aliphatic heterocycles. The Hall–Kier alpha value is -2.51. The molecule has 1 heterocycles. The van der Waals surface area contributed by atoms with Crippen molar-refractivity contribution in [1.82, 2.24) is 15.6 Å². The number of aromatic amines is 1. The van der Waals surface area contributed by atoms with Crippen molar-refractivity contribution >= 4 is 32.7 Å². The lowest BCUT2D eigenvalue weighted by atomic mass is 10.1. The summed E-state index contributed by atoms with van der Waals surface area (Å²) in [5, 5.41) is 7.67. The summed E-state index contributed by atoms with van der Waals surface area (Å²) in [6, 6.07) is 12.2. The zero-order chi connectivity index (χ0) is 23.1. The minimum atomic E-state index is -0.300. The van der Waals surface area contributed by atoms with Crippen molar-refractivity contribution in [3.05, 3.63) is 58.2 Å². The third-order valence-corrected chi connectivity index (χ3v) is 5.59. The second kappa shape index (κ2) is 10.9. The summed E-state index contributed by atoms with van der Waals surface area (Å²) >= 11 is 3.63. The Morgan fingerprint density at radius 1 is 1.09 bits per heavy atom. The molecule has 0 saturated heterocycles. The van der Waals surface area contributed by atoms with E-state index in [9.17, 15) is 4.79 Å². The monoisotopic (exact) mass is 501 g/mol. The van der Waals surface area contributed by atoms with Crippen LogP contribution < -0.4 is 20.1 Å². The maximum atomic E-state index is 12.1. The van der Waals surface area contributed by atoms with E-state index >= 15 is 0 Å². The van der Waals surface area contributed by atoms with E-state index < -0.39 is 0 Å². The molecule has 0 spiro atoms. The van der Waals surface area contributed by atoms with Gasteiger partial charge in [0, 0.05) is 33.7 Å². The SMILES string of the molecule is CCOc1cc(CNCCc2c[nH]c3ccccc23)c(Br)cc1OCC(=O)NC(C)(C)C. The van der Waals surface area contributed by atoms with E-state index in [0.717, 1.165) is 23.0 Å². The summed E-state index contributed by atoms with van der Waals surface area (Å²) in [7, 11) is 0. The van der Waals surface area contributed by atoms with E-state index in [0.29, 0.717) is 24.7 Å². The van der Waals surface area contributed by atoms with E-state index in [1.165, 1.54) is 16.5 Å². The number of amides is 1. The molecular formula is C25H32BrN3O3. The number of fused-ring (bicyclic) bond motifs is 1. The molecule has 2 aromatic carbocycles. The number of carbonyl (C=O) groups is 1. The number of hydrogen-bond acceptors (Lipinski definition) is 4. The molecule has 0 bridgehead atoms. The van der Waals surface area contributed by atoms with Gasteiger partial charge in [-0.15, -0.1) is 0 Å². The average molecular weight is 502 g/mol. The van der Waals surface area contributed by atoms with Crippen LogP contribution in [0.1, 0.15) is 38.8 Å². The molecule has 172 valence electrons. The second-order valence-electron chi connectivity index (χ2n) is 8.70. The van der Waals surface area contributed by atoms with Gasteiger partial charge in [-0.3, -0.25) is 4.79 Å². The molecule has 1 aromatic heterocycles. The summed E-state index contributed by atoms with van der Waals surface area (Å²) in [6.45, 7) is 9.73. The number of hydrogen-bond donors (Lipinski definition) is 3. The Morgan fingerprint density at radius 3 is 2.59 bits per heavy atom. The quantitative estimate of drug-likeness (QED) is 0.343. The third-order valence-electron chi connectivity index (χ3n) is 4.85. The summed E-state index contributed by atoms with van der Waals surface area (Å²) in [6.07, 6.45) is 3.02. The van der Waals surface area contributed by atoms with Crippen LogP contribution in [0.15, 0.2) is 47.1 Å². The molecule has 0 aliphatic rings. The normalized spacial score (nSPS) is 11.5. The molecule has 3 aromatic rings. The van der Waals surface area contributed by atoms with Crippen LogP contribution in [-0.2, 0) is 17.8 Å². The number of H-pyrrole nitrogens is 1.